The normalized spacial score (nSPS) is 11.4. The van der Waals surface area contributed by atoms with Crippen molar-refractivity contribution >= 4 is 75.3 Å². The van der Waals surface area contributed by atoms with E-state index in [1.54, 1.807) is 28.7 Å². The Bertz CT molecular complexity index is 2260. The minimum atomic E-state index is -0.0866. The quantitative estimate of drug-likeness (QED) is 0.155. The zero-order valence-corrected chi connectivity index (χ0v) is 24.3. The van der Waals surface area contributed by atoms with Gasteiger partial charge in [-0.1, -0.05) is 78.9 Å². The van der Waals surface area contributed by atoms with Gasteiger partial charge >= 0.3 is 0 Å². The first-order valence-electron chi connectivity index (χ1n) is 13.7. The fraction of sp³-hybridized carbons (Fsp3) is 0. The van der Waals surface area contributed by atoms with Gasteiger partial charge in [-0.25, -0.2) is 9.97 Å². The zero-order valence-electron chi connectivity index (χ0n) is 22.7. The smallest absolute Gasteiger partial charge is 0.220 e. The Morgan fingerprint density at radius 1 is 0.605 bits per heavy atom. The van der Waals surface area contributed by atoms with Crippen molar-refractivity contribution in [3.63, 3.8) is 0 Å². The molecule has 7 heteroatoms. The lowest BCUT2D eigenvalue weighted by molar-refractivity contribution is 0.561. The lowest BCUT2D eigenvalue weighted by Gasteiger charge is -2.11. The fourth-order valence-electron chi connectivity index (χ4n) is 5.67. The van der Waals surface area contributed by atoms with E-state index in [2.05, 4.69) is 84.9 Å². The summed E-state index contributed by atoms with van der Waals surface area (Å²) in [5, 5.41) is 20.4. The number of nitrogens with one attached hydrogen (secondary N) is 2. The molecule has 0 saturated carbocycles. The molecule has 5 nitrogen and oxygen atoms in total. The van der Waals surface area contributed by atoms with Crippen LogP contribution < -0.4 is 0 Å². The molecule has 8 aromatic rings. The molecule has 3 aromatic heterocycles. The number of aromatic nitrogens is 2. The van der Waals surface area contributed by atoms with Crippen LogP contribution in [0.1, 0.15) is 5.56 Å². The first-order valence-corrected chi connectivity index (χ1v) is 15.4. The van der Waals surface area contributed by atoms with Gasteiger partial charge in [-0.3, -0.25) is 10.8 Å². The third-order valence-corrected chi connectivity index (χ3v) is 10.1. The molecule has 0 bridgehead atoms. The number of nitrogens with zero attached hydrogens (tertiary/aromatic N) is 2. The number of fused-ring (bicyclic) bond motifs is 6. The molecule has 0 aliphatic heterocycles. The van der Waals surface area contributed by atoms with Crippen LogP contribution in [0.4, 0.5) is 0 Å². The maximum Gasteiger partial charge on any atom is 0.220 e. The van der Waals surface area contributed by atoms with Gasteiger partial charge in [-0.05, 0) is 36.4 Å². The average Bonchev–Trinajstić information content (AvgIpc) is 3.63. The number of hydrogen-bond donors (Lipinski definition) is 2. The third kappa shape index (κ3) is 4.29. The van der Waals surface area contributed by atoms with Crippen molar-refractivity contribution in [2.24, 2.45) is 0 Å². The monoisotopic (exact) mass is 590 g/mol. The van der Waals surface area contributed by atoms with Gasteiger partial charge in [0.1, 0.15) is 0 Å². The summed E-state index contributed by atoms with van der Waals surface area (Å²) in [7, 11) is 0. The molecule has 204 valence electrons. The van der Waals surface area contributed by atoms with Crippen molar-refractivity contribution in [2.45, 2.75) is 0 Å². The molecule has 8 rings (SSSR count). The molecule has 0 fully saturated rings. The fourth-order valence-corrected chi connectivity index (χ4v) is 8.11. The zero-order chi connectivity index (χ0) is 28.9. The second-order valence-electron chi connectivity index (χ2n) is 10.2. The van der Waals surface area contributed by atoms with Crippen LogP contribution in [0.2, 0.25) is 0 Å². The van der Waals surface area contributed by atoms with Crippen molar-refractivity contribution in [2.75, 3.05) is 0 Å². The molecule has 0 amide bonds. The van der Waals surface area contributed by atoms with Crippen molar-refractivity contribution < 1.29 is 4.74 Å². The van der Waals surface area contributed by atoms with E-state index < -0.39 is 0 Å². The molecule has 0 radical (unpaired) electrons. The summed E-state index contributed by atoms with van der Waals surface area (Å²) in [4.78, 5) is 10.4. The SMILES string of the molecule is N=COC(=N)c1cccc(-c2cc(-c3cccc4c3sc3ccccc34)nc(-c3cccc4c3sc3ccccc34)n2)c1. The Morgan fingerprint density at radius 3 is 1.88 bits per heavy atom. The van der Waals surface area contributed by atoms with E-state index in [-0.39, 0.29) is 5.90 Å². The standard InChI is InChI=1S/C36H22N4OS2/c37-20-41-35(38)22-9-5-8-21(18-22)29-19-30(27-14-6-12-25-23-10-1-3-16-31(23)42-33(25)27)40-36(39-29)28-15-7-13-26-24-11-2-4-17-32(24)43-34(26)28/h1-20,37-38H. The predicted octanol–water partition coefficient (Wildman–Crippen LogP) is 10.2. The molecular formula is C36H22N4OS2. The molecule has 0 spiro atoms. The second-order valence-corrected chi connectivity index (χ2v) is 12.3. The van der Waals surface area contributed by atoms with Crippen molar-refractivity contribution in [1.29, 1.82) is 10.8 Å². The van der Waals surface area contributed by atoms with Crippen LogP contribution in [-0.2, 0) is 4.74 Å². The van der Waals surface area contributed by atoms with E-state index >= 15 is 0 Å². The van der Waals surface area contributed by atoms with Gasteiger partial charge in [0.25, 0.3) is 0 Å². The van der Waals surface area contributed by atoms with E-state index in [0.717, 1.165) is 39.2 Å². The summed E-state index contributed by atoms with van der Waals surface area (Å²) >= 11 is 3.54. The highest BCUT2D eigenvalue weighted by Crippen LogP contribution is 2.42. The van der Waals surface area contributed by atoms with Gasteiger partial charge in [-0.15, -0.1) is 22.7 Å². The van der Waals surface area contributed by atoms with Gasteiger partial charge in [0.05, 0.1) is 11.4 Å². The molecule has 2 N–H and O–H groups in total. The van der Waals surface area contributed by atoms with Crippen LogP contribution in [0.5, 0.6) is 0 Å². The van der Waals surface area contributed by atoms with Crippen molar-refractivity contribution in [3.8, 4) is 33.9 Å². The number of rotatable bonds is 5. The number of ether oxygens (including phenoxy) is 1. The molecule has 0 aliphatic rings. The van der Waals surface area contributed by atoms with Gasteiger partial charge in [-0.2, -0.15) is 0 Å². The molecule has 0 atom stereocenters. The predicted molar refractivity (Wildman–Crippen MR) is 181 cm³/mol. The molecule has 0 unspecified atom stereocenters. The van der Waals surface area contributed by atoms with E-state index in [1.807, 2.05) is 24.3 Å². The van der Waals surface area contributed by atoms with E-state index in [9.17, 15) is 0 Å². The summed E-state index contributed by atoms with van der Waals surface area (Å²) in [6.07, 6.45) is 0.771. The van der Waals surface area contributed by atoms with E-state index in [0.29, 0.717) is 11.4 Å². The van der Waals surface area contributed by atoms with Crippen molar-refractivity contribution in [1.82, 2.24) is 9.97 Å². The maximum atomic E-state index is 8.23. The molecular weight excluding hydrogens is 569 g/mol. The molecule has 3 heterocycles. The summed E-state index contributed by atoms with van der Waals surface area (Å²) < 4.78 is 9.87. The van der Waals surface area contributed by atoms with Crippen LogP contribution in [0.25, 0.3) is 74.2 Å². The average molecular weight is 591 g/mol. The Labute approximate surface area is 254 Å². The number of thiophene rings is 2. The minimum Gasteiger partial charge on any atom is -0.428 e. The Hall–Kier alpha value is -5.24. The number of hydrogen-bond acceptors (Lipinski definition) is 7. The molecule has 5 aromatic carbocycles. The first-order chi connectivity index (χ1) is 21.2. The Morgan fingerprint density at radius 2 is 1.19 bits per heavy atom. The lowest BCUT2D eigenvalue weighted by Crippen LogP contribution is -2.03. The summed E-state index contributed by atoms with van der Waals surface area (Å²) in [6.45, 7) is 0. The van der Waals surface area contributed by atoms with Gasteiger partial charge in [0, 0.05) is 62.6 Å². The Balaban J connectivity index is 1.40. The Kier molecular flexibility index (Phi) is 6.06. The molecule has 0 saturated heterocycles. The number of benzene rings is 5. The van der Waals surface area contributed by atoms with Crippen LogP contribution in [0, 0.1) is 10.8 Å². The van der Waals surface area contributed by atoms with Crippen LogP contribution >= 0.6 is 22.7 Å². The second kappa shape index (κ2) is 10.2. The lowest BCUT2D eigenvalue weighted by atomic mass is 10.0. The van der Waals surface area contributed by atoms with Crippen LogP contribution in [0.15, 0.2) is 115 Å². The highest BCUT2D eigenvalue weighted by molar-refractivity contribution is 7.26. The molecule has 43 heavy (non-hydrogen) atoms. The van der Waals surface area contributed by atoms with Gasteiger partial charge in [0.15, 0.2) is 12.2 Å². The minimum absolute atomic E-state index is 0.0866. The largest absolute Gasteiger partial charge is 0.428 e. The van der Waals surface area contributed by atoms with Gasteiger partial charge < -0.3 is 4.74 Å². The van der Waals surface area contributed by atoms with E-state index in [4.69, 9.17) is 25.5 Å². The maximum absolute atomic E-state index is 8.23. The van der Waals surface area contributed by atoms with Crippen LogP contribution in [0.3, 0.4) is 0 Å². The highest BCUT2D eigenvalue weighted by atomic mass is 32.1. The third-order valence-electron chi connectivity index (χ3n) is 7.65. The van der Waals surface area contributed by atoms with Crippen molar-refractivity contribution in [3.05, 3.63) is 121 Å². The summed E-state index contributed by atoms with van der Waals surface area (Å²) in [6, 6.07) is 39.3. The highest BCUT2D eigenvalue weighted by Gasteiger charge is 2.18. The van der Waals surface area contributed by atoms with Gasteiger partial charge in [0.2, 0.25) is 5.90 Å². The first kappa shape index (κ1) is 25.5. The van der Waals surface area contributed by atoms with Crippen LogP contribution in [-0.4, -0.2) is 22.3 Å². The van der Waals surface area contributed by atoms with E-state index in [1.165, 1.54) is 35.6 Å². The summed E-state index contributed by atoms with van der Waals surface area (Å²) in [5.41, 5.74) is 5.05. The molecule has 0 aliphatic carbocycles. The topological polar surface area (TPSA) is 82.7 Å². The summed E-state index contributed by atoms with van der Waals surface area (Å²) in [5.74, 6) is 0.565.